The van der Waals surface area contributed by atoms with Gasteiger partial charge in [-0.25, -0.2) is 13.4 Å². The third kappa shape index (κ3) is 3.35. The number of nitrogens with one attached hydrogen (secondary N) is 1. The molecule has 0 aliphatic carbocycles. The van der Waals surface area contributed by atoms with E-state index in [4.69, 9.17) is 34.8 Å². The molecule has 106 valence electrons. The highest BCUT2D eigenvalue weighted by Gasteiger charge is 2.20. The van der Waals surface area contributed by atoms with Gasteiger partial charge in [-0.05, 0) is 36.8 Å². The molecule has 4 nitrogen and oxygen atoms in total. The van der Waals surface area contributed by atoms with Gasteiger partial charge < -0.3 is 0 Å². The van der Waals surface area contributed by atoms with Gasteiger partial charge in [0.25, 0.3) is 10.0 Å². The molecule has 20 heavy (non-hydrogen) atoms. The Kier molecular flexibility index (Phi) is 4.44. The molecule has 1 heterocycles. The van der Waals surface area contributed by atoms with Gasteiger partial charge in [0.2, 0.25) is 0 Å². The monoisotopic (exact) mass is 350 g/mol. The molecule has 1 aromatic carbocycles. The summed E-state index contributed by atoms with van der Waals surface area (Å²) in [6.45, 7) is 1.83. The van der Waals surface area contributed by atoms with Crippen molar-refractivity contribution in [2.75, 3.05) is 4.72 Å². The molecule has 0 aliphatic rings. The number of anilines is 1. The fourth-order valence-corrected chi connectivity index (χ4v) is 3.50. The molecule has 0 bridgehead atoms. The first-order chi connectivity index (χ1) is 9.29. The van der Waals surface area contributed by atoms with Gasteiger partial charge in [0.05, 0.1) is 15.1 Å². The third-order valence-corrected chi connectivity index (χ3v) is 4.96. The van der Waals surface area contributed by atoms with Crippen molar-refractivity contribution in [2.24, 2.45) is 0 Å². The number of hydrogen-bond acceptors (Lipinski definition) is 3. The molecule has 0 radical (unpaired) electrons. The van der Waals surface area contributed by atoms with E-state index in [0.29, 0.717) is 0 Å². The lowest BCUT2D eigenvalue weighted by molar-refractivity contribution is 0.601. The first kappa shape index (κ1) is 15.4. The number of benzene rings is 1. The lowest BCUT2D eigenvalue weighted by Crippen LogP contribution is -2.14. The molecule has 0 saturated carbocycles. The Morgan fingerprint density at radius 3 is 2.35 bits per heavy atom. The molecule has 2 aromatic rings. The van der Waals surface area contributed by atoms with E-state index in [9.17, 15) is 8.42 Å². The normalized spacial score (nSPS) is 11.4. The third-order valence-electron chi connectivity index (χ3n) is 2.42. The summed E-state index contributed by atoms with van der Waals surface area (Å²) in [7, 11) is -3.89. The van der Waals surface area contributed by atoms with Crippen molar-refractivity contribution in [3.05, 3.63) is 51.1 Å². The van der Waals surface area contributed by atoms with Crippen molar-refractivity contribution < 1.29 is 8.42 Å². The first-order valence-electron chi connectivity index (χ1n) is 5.39. The predicted octanol–water partition coefficient (Wildman–Crippen LogP) is 4.15. The predicted molar refractivity (Wildman–Crippen MR) is 81.3 cm³/mol. The van der Waals surface area contributed by atoms with Crippen LogP contribution in [0.25, 0.3) is 0 Å². The minimum atomic E-state index is -3.89. The van der Waals surface area contributed by atoms with Crippen molar-refractivity contribution in [1.29, 1.82) is 0 Å². The van der Waals surface area contributed by atoms with Gasteiger partial charge in [-0.3, -0.25) is 4.72 Å². The second-order valence-electron chi connectivity index (χ2n) is 4.02. The summed E-state index contributed by atoms with van der Waals surface area (Å²) in [5.41, 5.74) is 0.873. The van der Waals surface area contributed by atoms with Crippen LogP contribution >= 0.6 is 34.8 Å². The SMILES string of the molecule is Cc1ccnc(NS(=O)(=O)c2cc(Cl)c(Cl)cc2Cl)c1. The maximum Gasteiger partial charge on any atom is 0.264 e. The second-order valence-corrected chi connectivity index (χ2v) is 6.89. The number of rotatable bonds is 3. The van der Waals surface area contributed by atoms with Crippen molar-refractivity contribution >= 4 is 50.6 Å². The molecule has 8 heteroatoms. The van der Waals surface area contributed by atoms with Crippen molar-refractivity contribution in [1.82, 2.24) is 4.98 Å². The van der Waals surface area contributed by atoms with Crippen molar-refractivity contribution in [3.8, 4) is 0 Å². The number of aromatic nitrogens is 1. The van der Waals surface area contributed by atoms with Gasteiger partial charge in [0.15, 0.2) is 0 Å². The Labute approximate surface area is 131 Å². The number of hydrogen-bond donors (Lipinski definition) is 1. The highest BCUT2D eigenvalue weighted by molar-refractivity contribution is 7.92. The van der Waals surface area contributed by atoms with Gasteiger partial charge in [0.1, 0.15) is 10.7 Å². The Balaban J connectivity index is 2.43. The molecule has 0 saturated heterocycles. The van der Waals surface area contributed by atoms with E-state index < -0.39 is 10.0 Å². The molecule has 1 aromatic heterocycles. The van der Waals surface area contributed by atoms with E-state index in [0.717, 1.165) is 5.56 Å². The number of sulfonamides is 1. The Hall–Kier alpha value is -1.01. The van der Waals surface area contributed by atoms with Crippen LogP contribution in [0, 0.1) is 6.92 Å². The van der Waals surface area contributed by atoms with E-state index in [1.807, 2.05) is 6.92 Å². The quantitative estimate of drug-likeness (QED) is 0.845. The molecule has 0 spiro atoms. The topological polar surface area (TPSA) is 59.1 Å². The Morgan fingerprint density at radius 2 is 1.70 bits per heavy atom. The maximum atomic E-state index is 12.3. The summed E-state index contributed by atoms with van der Waals surface area (Å²) >= 11 is 17.5. The minimum absolute atomic E-state index is 0.0143. The average molecular weight is 352 g/mol. The van der Waals surface area contributed by atoms with Gasteiger partial charge in [-0.2, -0.15) is 0 Å². The summed E-state index contributed by atoms with van der Waals surface area (Å²) < 4.78 is 26.9. The Bertz CT molecular complexity index is 763. The molecule has 0 atom stereocenters. The van der Waals surface area contributed by atoms with Gasteiger partial charge in [-0.15, -0.1) is 0 Å². The first-order valence-corrected chi connectivity index (χ1v) is 8.01. The lowest BCUT2D eigenvalue weighted by atomic mass is 10.3. The van der Waals surface area contributed by atoms with Crippen LogP contribution in [0.3, 0.4) is 0 Å². The number of pyridine rings is 1. The van der Waals surface area contributed by atoms with Crippen LogP contribution in [0.4, 0.5) is 5.82 Å². The summed E-state index contributed by atoms with van der Waals surface area (Å²) in [6.07, 6.45) is 1.50. The zero-order valence-corrected chi connectivity index (χ0v) is 13.3. The summed E-state index contributed by atoms with van der Waals surface area (Å²) in [4.78, 5) is 3.77. The summed E-state index contributed by atoms with van der Waals surface area (Å²) in [6, 6.07) is 5.83. The van der Waals surface area contributed by atoms with Gasteiger partial charge in [0, 0.05) is 6.20 Å². The van der Waals surface area contributed by atoms with E-state index in [1.54, 1.807) is 12.1 Å². The van der Waals surface area contributed by atoms with Crippen LogP contribution in [0.15, 0.2) is 35.4 Å². The summed E-state index contributed by atoms with van der Waals surface area (Å²) in [5, 5.41) is 0.275. The minimum Gasteiger partial charge on any atom is -0.263 e. The average Bonchev–Trinajstić information content (AvgIpc) is 2.33. The van der Waals surface area contributed by atoms with E-state index in [2.05, 4.69) is 9.71 Å². The smallest absolute Gasteiger partial charge is 0.263 e. The molecule has 0 aliphatic heterocycles. The van der Waals surface area contributed by atoms with Crippen LogP contribution < -0.4 is 4.72 Å². The molecule has 2 rings (SSSR count). The standard InChI is InChI=1S/C12H9Cl3N2O2S/c1-7-2-3-16-12(4-7)17-20(18,19)11-6-9(14)8(13)5-10(11)15/h2-6H,1H3,(H,16,17). The molecule has 0 fully saturated rings. The van der Waals surface area contributed by atoms with E-state index in [1.165, 1.54) is 18.3 Å². The number of aryl methyl sites for hydroxylation is 1. The largest absolute Gasteiger partial charge is 0.264 e. The van der Waals surface area contributed by atoms with E-state index >= 15 is 0 Å². The zero-order valence-electron chi connectivity index (χ0n) is 10.2. The molecular weight excluding hydrogens is 343 g/mol. The Morgan fingerprint density at radius 1 is 1.05 bits per heavy atom. The van der Waals surface area contributed by atoms with Crippen LogP contribution in [0.5, 0.6) is 0 Å². The van der Waals surface area contributed by atoms with Crippen LogP contribution in [0.1, 0.15) is 5.56 Å². The van der Waals surface area contributed by atoms with Crippen LogP contribution in [-0.4, -0.2) is 13.4 Å². The van der Waals surface area contributed by atoms with Gasteiger partial charge >= 0.3 is 0 Å². The fourth-order valence-electron chi connectivity index (χ4n) is 1.49. The van der Waals surface area contributed by atoms with Crippen molar-refractivity contribution in [2.45, 2.75) is 11.8 Å². The van der Waals surface area contributed by atoms with Gasteiger partial charge in [-0.1, -0.05) is 34.8 Å². The summed E-state index contributed by atoms with van der Waals surface area (Å²) in [5.74, 6) is 0.201. The maximum absolute atomic E-state index is 12.3. The second kappa shape index (κ2) is 5.77. The van der Waals surface area contributed by atoms with Crippen molar-refractivity contribution in [3.63, 3.8) is 0 Å². The number of nitrogens with zero attached hydrogens (tertiary/aromatic N) is 1. The lowest BCUT2D eigenvalue weighted by Gasteiger charge is -2.10. The molecule has 0 amide bonds. The molecule has 0 unspecified atom stereocenters. The molecule has 1 N–H and O–H groups in total. The highest BCUT2D eigenvalue weighted by atomic mass is 35.5. The van der Waals surface area contributed by atoms with E-state index in [-0.39, 0.29) is 25.8 Å². The zero-order chi connectivity index (χ0) is 14.9. The fraction of sp³-hybridized carbons (Fsp3) is 0.0833. The van der Waals surface area contributed by atoms with Crippen LogP contribution in [-0.2, 0) is 10.0 Å². The highest BCUT2D eigenvalue weighted by Crippen LogP contribution is 2.32. The van der Waals surface area contributed by atoms with Crippen LogP contribution in [0.2, 0.25) is 15.1 Å². The number of halogens is 3. The molecular formula is C12H9Cl3N2O2S.